The molecule has 2 aromatic carbocycles. The second-order valence-electron chi connectivity index (χ2n) is 4.05. The van der Waals surface area contributed by atoms with Crippen LogP contribution in [0.3, 0.4) is 0 Å². The Hall–Kier alpha value is -1.81. The zero-order valence-electron chi connectivity index (χ0n) is 9.47. The maximum atomic E-state index is 6.05. The van der Waals surface area contributed by atoms with E-state index in [1.807, 2.05) is 31.3 Å². The van der Waals surface area contributed by atoms with Gasteiger partial charge in [-0.2, -0.15) is 0 Å². The average Bonchev–Trinajstić information content (AvgIpc) is 2.35. The molecule has 0 aromatic heterocycles. The monoisotopic (exact) mass is 243 g/mol. The molecule has 0 aliphatic carbocycles. The molecule has 0 spiro atoms. The van der Waals surface area contributed by atoms with E-state index in [4.69, 9.17) is 11.5 Å². The van der Waals surface area contributed by atoms with Gasteiger partial charge < -0.3 is 16.4 Å². The van der Waals surface area contributed by atoms with Gasteiger partial charge in [-0.05, 0) is 24.3 Å². The molecule has 86 valence electrons. The molecule has 1 aliphatic heterocycles. The highest BCUT2D eigenvalue weighted by Gasteiger charge is 2.22. The highest BCUT2D eigenvalue weighted by molar-refractivity contribution is 8.00. The van der Waals surface area contributed by atoms with Crippen molar-refractivity contribution in [3.8, 4) is 0 Å². The highest BCUT2D eigenvalue weighted by Crippen LogP contribution is 2.50. The van der Waals surface area contributed by atoms with Crippen molar-refractivity contribution in [1.82, 2.24) is 0 Å². The van der Waals surface area contributed by atoms with Crippen LogP contribution in [0.1, 0.15) is 0 Å². The fourth-order valence-electron chi connectivity index (χ4n) is 2.03. The van der Waals surface area contributed by atoms with E-state index in [9.17, 15) is 0 Å². The van der Waals surface area contributed by atoms with Crippen LogP contribution >= 0.6 is 11.8 Å². The Kier molecular flexibility index (Phi) is 2.19. The molecule has 0 saturated heterocycles. The Labute approximate surface area is 104 Å². The molecular weight excluding hydrogens is 230 g/mol. The van der Waals surface area contributed by atoms with Crippen LogP contribution in [-0.4, -0.2) is 7.05 Å². The van der Waals surface area contributed by atoms with Crippen LogP contribution in [-0.2, 0) is 0 Å². The van der Waals surface area contributed by atoms with E-state index in [1.54, 1.807) is 11.8 Å². The lowest BCUT2D eigenvalue weighted by molar-refractivity contribution is 1.12. The highest BCUT2D eigenvalue weighted by atomic mass is 32.2. The summed E-state index contributed by atoms with van der Waals surface area (Å²) in [4.78, 5) is 4.41. The van der Waals surface area contributed by atoms with Gasteiger partial charge in [0.1, 0.15) is 0 Å². The minimum Gasteiger partial charge on any atom is -0.397 e. The van der Waals surface area contributed by atoms with Gasteiger partial charge in [0.15, 0.2) is 0 Å². The number of rotatable bonds is 0. The molecule has 3 nitrogen and oxygen atoms in total. The third kappa shape index (κ3) is 1.45. The van der Waals surface area contributed by atoms with E-state index in [0.717, 1.165) is 10.6 Å². The first kappa shape index (κ1) is 10.4. The maximum absolute atomic E-state index is 6.05. The van der Waals surface area contributed by atoms with Gasteiger partial charge in [-0.15, -0.1) is 0 Å². The van der Waals surface area contributed by atoms with Gasteiger partial charge in [0, 0.05) is 11.9 Å². The van der Waals surface area contributed by atoms with Crippen molar-refractivity contribution < 1.29 is 0 Å². The van der Waals surface area contributed by atoms with Crippen LogP contribution in [0.25, 0.3) is 0 Å². The lowest BCUT2D eigenvalue weighted by atomic mass is 10.2. The Morgan fingerprint density at radius 3 is 2.59 bits per heavy atom. The normalized spacial score (nSPS) is 13.1. The zero-order valence-corrected chi connectivity index (χ0v) is 10.3. The number of hydrogen-bond acceptors (Lipinski definition) is 4. The number of nitrogens with two attached hydrogens (primary N) is 2. The molecule has 4 heteroatoms. The Bertz CT molecular complexity index is 595. The van der Waals surface area contributed by atoms with Crippen LogP contribution in [0.2, 0.25) is 0 Å². The predicted molar refractivity (Wildman–Crippen MR) is 73.9 cm³/mol. The topological polar surface area (TPSA) is 55.3 Å². The maximum Gasteiger partial charge on any atom is 0.0710 e. The zero-order chi connectivity index (χ0) is 12.0. The standard InChI is InChI=1S/C13H13N3S/c1-16-9-4-2-3-5-11(9)17-13-10(16)7-6-8(14)12(13)15/h2-7H,14-15H2,1H3. The van der Waals surface area contributed by atoms with Crippen LogP contribution in [0, 0.1) is 0 Å². The molecule has 0 atom stereocenters. The van der Waals surface area contributed by atoms with Crippen molar-refractivity contribution in [3.05, 3.63) is 36.4 Å². The Morgan fingerprint density at radius 2 is 1.76 bits per heavy atom. The summed E-state index contributed by atoms with van der Waals surface area (Å²) in [5, 5.41) is 0. The fraction of sp³-hybridized carbons (Fsp3) is 0.0769. The third-order valence-corrected chi connectivity index (χ3v) is 4.21. The lowest BCUT2D eigenvalue weighted by Gasteiger charge is -2.30. The van der Waals surface area contributed by atoms with Gasteiger partial charge in [0.25, 0.3) is 0 Å². The van der Waals surface area contributed by atoms with Crippen molar-refractivity contribution in [1.29, 1.82) is 0 Å². The summed E-state index contributed by atoms with van der Waals surface area (Å²) in [6.45, 7) is 0. The molecule has 2 aromatic rings. The summed E-state index contributed by atoms with van der Waals surface area (Å²) in [5.74, 6) is 0. The number of hydrogen-bond donors (Lipinski definition) is 2. The van der Waals surface area contributed by atoms with Crippen molar-refractivity contribution in [2.45, 2.75) is 9.79 Å². The number of fused-ring (bicyclic) bond motifs is 2. The first-order chi connectivity index (χ1) is 8.18. The molecule has 4 N–H and O–H groups in total. The van der Waals surface area contributed by atoms with Crippen LogP contribution in [0.15, 0.2) is 46.2 Å². The molecule has 1 heterocycles. The Morgan fingerprint density at radius 1 is 1.00 bits per heavy atom. The van der Waals surface area contributed by atoms with E-state index < -0.39 is 0 Å². The number of anilines is 4. The predicted octanol–water partition coefficient (Wildman–Crippen LogP) is 3.08. The summed E-state index contributed by atoms with van der Waals surface area (Å²) in [6.07, 6.45) is 0. The number of para-hydroxylation sites is 1. The molecule has 0 unspecified atom stereocenters. The van der Waals surface area contributed by atoms with Crippen molar-refractivity contribution in [2.24, 2.45) is 0 Å². The first-order valence-corrected chi connectivity index (χ1v) is 6.18. The van der Waals surface area contributed by atoms with Crippen LogP contribution < -0.4 is 16.4 Å². The van der Waals surface area contributed by atoms with Gasteiger partial charge in [-0.3, -0.25) is 0 Å². The van der Waals surface area contributed by atoms with Crippen LogP contribution in [0.5, 0.6) is 0 Å². The van der Waals surface area contributed by atoms with Gasteiger partial charge in [-0.1, -0.05) is 23.9 Å². The molecule has 0 bridgehead atoms. The van der Waals surface area contributed by atoms with Gasteiger partial charge in [-0.25, -0.2) is 0 Å². The fourth-order valence-corrected chi connectivity index (χ4v) is 3.25. The van der Waals surface area contributed by atoms with Crippen molar-refractivity contribution in [3.63, 3.8) is 0 Å². The van der Waals surface area contributed by atoms with Gasteiger partial charge in [0.05, 0.1) is 27.6 Å². The molecule has 3 rings (SSSR count). The first-order valence-electron chi connectivity index (χ1n) is 5.37. The lowest BCUT2D eigenvalue weighted by Crippen LogP contribution is -2.15. The van der Waals surface area contributed by atoms with Crippen molar-refractivity contribution >= 4 is 34.5 Å². The van der Waals surface area contributed by atoms with Crippen LogP contribution in [0.4, 0.5) is 22.7 Å². The second-order valence-corrected chi connectivity index (χ2v) is 5.10. The summed E-state index contributed by atoms with van der Waals surface area (Å²) in [5.41, 5.74) is 15.5. The van der Waals surface area contributed by atoms with E-state index >= 15 is 0 Å². The molecular formula is C13H13N3S. The third-order valence-electron chi connectivity index (χ3n) is 3.01. The minimum absolute atomic E-state index is 0.643. The van der Waals surface area contributed by atoms with Gasteiger partial charge >= 0.3 is 0 Å². The summed E-state index contributed by atoms with van der Waals surface area (Å²) in [7, 11) is 2.05. The summed E-state index contributed by atoms with van der Waals surface area (Å²) >= 11 is 1.68. The largest absolute Gasteiger partial charge is 0.397 e. The average molecular weight is 243 g/mol. The van der Waals surface area contributed by atoms with E-state index in [1.165, 1.54) is 10.6 Å². The number of benzene rings is 2. The molecule has 0 radical (unpaired) electrons. The molecule has 0 fully saturated rings. The molecule has 1 aliphatic rings. The second kappa shape index (κ2) is 3.60. The van der Waals surface area contributed by atoms with Gasteiger partial charge in [0.2, 0.25) is 0 Å². The van der Waals surface area contributed by atoms with Crippen molar-refractivity contribution in [2.75, 3.05) is 23.4 Å². The number of nitrogen functional groups attached to an aromatic ring is 2. The smallest absolute Gasteiger partial charge is 0.0710 e. The summed E-state index contributed by atoms with van der Waals surface area (Å²) in [6, 6.07) is 12.2. The van der Waals surface area contributed by atoms with E-state index in [-0.39, 0.29) is 0 Å². The SMILES string of the molecule is CN1c2ccccc2Sc2c1ccc(N)c2N. The number of nitrogens with zero attached hydrogens (tertiary/aromatic N) is 1. The Balaban J connectivity index is 2.23. The van der Waals surface area contributed by atoms with E-state index in [0.29, 0.717) is 11.4 Å². The molecule has 0 saturated carbocycles. The minimum atomic E-state index is 0.643. The molecule has 17 heavy (non-hydrogen) atoms. The summed E-state index contributed by atoms with van der Waals surface area (Å²) < 4.78 is 0. The van der Waals surface area contributed by atoms with E-state index in [2.05, 4.69) is 17.0 Å². The molecule has 0 amide bonds. The quantitative estimate of drug-likeness (QED) is 0.698.